The van der Waals surface area contributed by atoms with Crippen LogP contribution in [0.3, 0.4) is 0 Å². The molecule has 2 nitrogen and oxygen atoms in total. The van der Waals surface area contributed by atoms with Crippen molar-refractivity contribution in [2.45, 2.75) is 37.8 Å². The minimum absolute atomic E-state index is 0.341. The van der Waals surface area contributed by atoms with Crippen LogP contribution in [0.1, 0.15) is 38.8 Å². The molecule has 0 fully saturated rings. The third-order valence-corrected chi connectivity index (χ3v) is 4.45. The minimum Gasteiger partial charge on any atom is -0.234 e. The Kier molecular flexibility index (Phi) is 5.22. The third-order valence-electron chi connectivity index (χ3n) is 2.32. The lowest BCUT2D eigenvalue weighted by molar-refractivity contribution is 0.624. The normalized spacial score (nSPS) is 14.7. The van der Waals surface area contributed by atoms with Crippen molar-refractivity contribution in [3.63, 3.8) is 0 Å². The number of benzene rings is 1. The van der Waals surface area contributed by atoms with Gasteiger partial charge in [0.2, 0.25) is 0 Å². The van der Waals surface area contributed by atoms with Gasteiger partial charge in [0.05, 0.1) is 10.5 Å². The smallest absolute Gasteiger partial charge is 0.145 e. The predicted molar refractivity (Wildman–Crippen MR) is 79.1 cm³/mol. The van der Waals surface area contributed by atoms with Crippen molar-refractivity contribution in [2.24, 2.45) is 4.40 Å². The van der Waals surface area contributed by atoms with Gasteiger partial charge in [0, 0.05) is 10.9 Å². The summed E-state index contributed by atoms with van der Waals surface area (Å²) in [7, 11) is -1.38. The lowest BCUT2D eigenvalue weighted by atomic mass is 10.1. The second kappa shape index (κ2) is 6.06. The van der Waals surface area contributed by atoms with Crippen LogP contribution in [0.5, 0.6) is 0 Å². The van der Waals surface area contributed by atoms with Crippen LogP contribution >= 0.6 is 15.9 Å². The zero-order valence-corrected chi connectivity index (χ0v) is 13.4. The highest BCUT2D eigenvalue weighted by molar-refractivity contribution is 9.08. The molecule has 0 heterocycles. The Labute approximate surface area is 118 Å². The third kappa shape index (κ3) is 3.99. The molecule has 1 aromatic rings. The van der Waals surface area contributed by atoms with Crippen LogP contribution in [-0.2, 0) is 16.3 Å². The fraction of sp³-hybridized carbons (Fsp3) is 0.462. The van der Waals surface area contributed by atoms with Crippen LogP contribution < -0.4 is 0 Å². The van der Waals surface area contributed by atoms with Crippen molar-refractivity contribution in [2.75, 3.05) is 0 Å². The summed E-state index contributed by atoms with van der Waals surface area (Å²) in [6.07, 6.45) is 0. The van der Waals surface area contributed by atoms with Gasteiger partial charge in [0.25, 0.3) is 0 Å². The van der Waals surface area contributed by atoms with Crippen molar-refractivity contribution in [3.05, 3.63) is 35.1 Å². The van der Waals surface area contributed by atoms with Crippen molar-refractivity contribution >= 4 is 32.6 Å². The van der Waals surface area contributed by atoms with Gasteiger partial charge in [-0.3, -0.25) is 0 Å². The summed E-state index contributed by atoms with van der Waals surface area (Å²) in [4.78, 5) is 0. The summed E-state index contributed by atoms with van der Waals surface area (Å²) >= 11 is 3.33. The van der Waals surface area contributed by atoms with Gasteiger partial charge in [-0.1, -0.05) is 22.0 Å². The Bertz CT molecular complexity index is 494. The van der Waals surface area contributed by atoms with Gasteiger partial charge in [-0.2, -0.15) is 4.40 Å². The van der Waals surface area contributed by atoms with E-state index in [0.29, 0.717) is 16.6 Å². The molecule has 1 rings (SSSR count). The van der Waals surface area contributed by atoms with Crippen molar-refractivity contribution in [1.82, 2.24) is 0 Å². The van der Waals surface area contributed by atoms with Crippen LogP contribution in [0.4, 0.5) is 4.39 Å². The molecule has 100 valence electrons. The number of alkyl halides is 1. The molecular formula is C13H17BrFNOS. The van der Waals surface area contributed by atoms with Gasteiger partial charge in [0.1, 0.15) is 16.8 Å². The van der Waals surface area contributed by atoms with Gasteiger partial charge in [-0.15, -0.1) is 0 Å². The lowest BCUT2D eigenvalue weighted by Crippen LogP contribution is -2.20. The predicted octanol–water partition coefficient (Wildman–Crippen LogP) is 3.99. The summed E-state index contributed by atoms with van der Waals surface area (Å²) < 4.78 is 29.3. The molecule has 18 heavy (non-hydrogen) atoms. The summed E-state index contributed by atoms with van der Waals surface area (Å²) in [5, 5.41) is 0.649. The first kappa shape index (κ1) is 15.5. The highest BCUT2D eigenvalue weighted by Gasteiger charge is 2.19. The molecule has 5 heteroatoms. The van der Waals surface area contributed by atoms with Gasteiger partial charge in [0.15, 0.2) is 0 Å². The lowest BCUT2D eigenvalue weighted by Gasteiger charge is -2.14. The van der Waals surface area contributed by atoms with Gasteiger partial charge in [-0.25, -0.2) is 8.60 Å². The number of halogens is 2. The summed E-state index contributed by atoms with van der Waals surface area (Å²) in [5.41, 5.74) is 1.83. The second-order valence-corrected chi connectivity index (χ2v) is 7.45. The molecule has 0 saturated carbocycles. The van der Waals surface area contributed by atoms with Crippen molar-refractivity contribution < 1.29 is 8.60 Å². The maximum atomic E-state index is 13.7. The molecule has 0 amide bonds. The molecule has 0 saturated heterocycles. The molecule has 1 atom stereocenters. The minimum atomic E-state index is -1.38. The number of rotatable bonds is 3. The van der Waals surface area contributed by atoms with E-state index in [1.807, 2.05) is 20.8 Å². The van der Waals surface area contributed by atoms with Crippen LogP contribution in [-0.4, -0.2) is 14.7 Å². The maximum Gasteiger partial charge on any atom is 0.145 e. The molecular weight excluding hydrogens is 317 g/mol. The fourth-order valence-corrected chi connectivity index (χ4v) is 2.21. The zero-order chi connectivity index (χ0) is 13.9. The summed E-state index contributed by atoms with van der Waals surface area (Å²) in [5.74, 6) is -0.341. The fourth-order valence-electron chi connectivity index (χ4n) is 1.24. The van der Waals surface area contributed by atoms with Gasteiger partial charge >= 0.3 is 0 Å². The largest absolute Gasteiger partial charge is 0.234 e. The van der Waals surface area contributed by atoms with E-state index in [0.717, 1.165) is 5.56 Å². The Morgan fingerprint density at radius 1 is 1.44 bits per heavy atom. The van der Waals surface area contributed by atoms with Crippen molar-refractivity contribution in [3.8, 4) is 0 Å². The molecule has 1 aromatic carbocycles. The van der Waals surface area contributed by atoms with Crippen LogP contribution in [0.15, 0.2) is 22.6 Å². The monoisotopic (exact) mass is 333 g/mol. The molecule has 0 aromatic heterocycles. The molecule has 0 aliphatic heterocycles. The number of hydrogen-bond donors (Lipinski definition) is 0. The van der Waals surface area contributed by atoms with Crippen LogP contribution in [0.25, 0.3) is 0 Å². The first-order valence-corrected chi connectivity index (χ1v) is 7.80. The molecule has 0 spiro atoms. The van der Waals surface area contributed by atoms with E-state index >= 15 is 0 Å². The Balaban J connectivity index is 3.14. The highest BCUT2D eigenvalue weighted by atomic mass is 79.9. The van der Waals surface area contributed by atoms with E-state index in [1.54, 1.807) is 19.1 Å². The SMILES string of the molecule is C/C(=N\S(=O)C(C)(C)C)c1cc(CBr)ccc1F. The highest BCUT2D eigenvalue weighted by Crippen LogP contribution is 2.17. The quantitative estimate of drug-likeness (QED) is 0.607. The average molecular weight is 334 g/mol. The van der Waals surface area contributed by atoms with Gasteiger partial charge < -0.3 is 0 Å². The van der Waals surface area contributed by atoms with Crippen molar-refractivity contribution in [1.29, 1.82) is 0 Å². The van der Waals surface area contributed by atoms with Gasteiger partial charge in [-0.05, 0) is 45.4 Å². The van der Waals surface area contributed by atoms with Crippen LogP contribution in [0, 0.1) is 5.82 Å². The Morgan fingerprint density at radius 3 is 2.56 bits per heavy atom. The molecule has 0 aliphatic rings. The second-order valence-electron chi connectivity index (χ2n) is 4.99. The van der Waals surface area contributed by atoms with E-state index in [1.165, 1.54) is 6.07 Å². The van der Waals surface area contributed by atoms with E-state index in [-0.39, 0.29) is 5.82 Å². The standard InChI is InChI=1S/C13H17BrFNOS/c1-9(16-18(17)13(2,3)4)11-7-10(8-14)5-6-12(11)15/h5-7H,8H2,1-4H3/b16-9+. The number of hydrogen-bond acceptors (Lipinski definition) is 1. The summed E-state index contributed by atoms with van der Waals surface area (Å²) in [6, 6.07) is 4.84. The number of nitrogens with zero attached hydrogens (tertiary/aromatic N) is 1. The first-order valence-electron chi connectivity index (χ1n) is 5.57. The Hall–Kier alpha value is -0.550. The molecule has 1 unspecified atom stereocenters. The molecule has 0 aliphatic carbocycles. The van der Waals surface area contributed by atoms with E-state index in [2.05, 4.69) is 20.3 Å². The van der Waals surface area contributed by atoms with E-state index in [9.17, 15) is 8.60 Å². The Morgan fingerprint density at radius 2 is 2.06 bits per heavy atom. The first-order chi connectivity index (χ1) is 8.25. The van der Waals surface area contributed by atoms with Crippen LogP contribution in [0.2, 0.25) is 0 Å². The van der Waals surface area contributed by atoms with E-state index in [4.69, 9.17) is 0 Å². The zero-order valence-electron chi connectivity index (χ0n) is 11.0. The average Bonchev–Trinajstić information content (AvgIpc) is 2.28. The molecule has 0 N–H and O–H groups in total. The topological polar surface area (TPSA) is 29.4 Å². The maximum absolute atomic E-state index is 13.7. The summed E-state index contributed by atoms with van der Waals surface area (Å²) in [6.45, 7) is 7.20. The molecule has 0 bridgehead atoms. The molecule has 0 radical (unpaired) electrons. The van der Waals surface area contributed by atoms with E-state index < -0.39 is 15.7 Å².